The lowest BCUT2D eigenvalue weighted by atomic mass is 10.5. The summed E-state index contributed by atoms with van der Waals surface area (Å²) in [6.45, 7) is 1.26. The van der Waals surface area contributed by atoms with Crippen molar-refractivity contribution in [2.45, 2.75) is 22.8 Å². The zero-order chi connectivity index (χ0) is 11.3. The van der Waals surface area contributed by atoms with Crippen molar-refractivity contribution in [3.63, 3.8) is 0 Å². The number of hydrogen-bond donors (Lipinski definition) is 2. The molecule has 0 radical (unpaired) electrons. The van der Waals surface area contributed by atoms with E-state index in [1.807, 2.05) is 0 Å². The average Bonchev–Trinajstić information content (AvgIpc) is 2.01. The van der Waals surface area contributed by atoms with Crippen molar-refractivity contribution in [1.82, 2.24) is 10.6 Å². The first-order valence-corrected chi connectivity index (χ1v) is 5.23. The monoisotopic (exact) mass is 280 g/mol. The molecule has 0 bridgehead atoms. The highest BCUT2D eigenvalue weighted by atomic mass is 35.5. The molecule has 0 aromatic rings. The van der Waals surface area contributed by atoms with Crippen LogP contribution >= 0.6 is 46.4 Å². The van der Waals surface area contributed by atoms with Crippen molar-refractivity contribution >= 4 is 58.2 Å². The van der Waals surface area contributed by atoms with E-state index in [0.29, 0.717) is 0 Å². The lowest BCUT2D eigenvalue weighted by Gasteiger charge is -2.20. The molecule has 0 spiro atoms. The van der Waals surface area contributed by atoms with Crippen molar-refractivity contribution in [2.24, 2.45) is 0 Å². The Morgan fingerprint density at radius 2 is 1.57 bits per heavy atom. The molecule has 4 nitrogen and oxygen atoms in total. The Hall–Kier alpha value is 0.1000. The van der Waals surface area contributed by atoms with E-state index in [2.05, 4.69) is 10.6 Å². The van der Waals surface area contributed by atoms with Gasteiger partial charge in [0.05, 0.1) is 0 Å². The molecular formula is C6H8Cl4N2O2. The van der Waals surface area contributed by atoms with Gasteiger partial charge in [0.15, 0.2) is 4.84 Å². The molecule has 0 aromatic heterocycles. The third kappa shape index (κ3) is 5.75. The summed E-state index contributed by atoms with van der Waals surface area (Å²) in [5.74, 6) is -1.07. The number of nitrogens with one attached hydrogen (secondary N) is 2. The Kier molecular flexibility index (Phi) is 6.61. The molecule has 0 fully saturated rings. The number of halogens is 4. The SMILES string of the molecule is CC(=O)NC(NC(=O)C(Cl)Cl)C(Cl)Cl. The van der Waals surface area contributed by atoms with E-state index < -0.39 is 21.7 Å². The Bertz CT molecular complexity index is 222. The Balaban J connectivity index is 4.23. The minimum absolute atomic E-state index is 0.387. The Labute approximate surface area is 101 Å². The largest absolute Gasteiger partial charge is 0.334 e. The fraction of sp³-hybridized carbons (Fsp3) is 0.667. The zero-order valence-corrected chi connectivity index (χ0v) is 10.1. The lowest BCUT2D eigenvalue weighted by molar-refractivity contribution is -0.122. The molecule has 0 saturated carbocycles. The van der Waals surface area contributed by atoms with Crippen LogP contribution in [0.4, 0.5) is 0 Å². The second kappa shape index (κ2) is 6.56. The molecule has 0 aliphatic carbocycles. The minimum Gasteiger partial charge on any atom is -0.334 e. The summed E-state index contributed by atoms with van der Waals surface area (Å²) in [5, 5.41) is 4.56. The molecule has 2 amide bonds. The number of hydrogen-bond acceptors (Lipinski definition) is 2. The number of alkyl halides is 4. The molecule has 0 aliphatic rings. The highest BCUT2D eigenvalue weighted by molar-refractivity contribution is 6.53. The van der Waals surface area contributed by atoms with Gasteiger partial charge in [-0.25, -0.2) is 0 Å². The van der Waals surface area contributed by atoms with Crippen molar-refractivity contribution in [1.29, 1.82) is 0 Å². The van der Waals surface area contributed by atoms with E-state index in [4.69, 9.17) is 46.4 Å². The maximum Gasteiger partial charge on any atom is 0.254 e. The van der Waals surface area contributed by atoms with Crippen LogP contribution in [0.1, 0.15) is 6.92 Å². The topological polar surface area (TPSA) is 58.2 Å². The van der Waals surface area contributed by atoms with Gasteiger partial charge in [0, 0.05) is 6.92 Å². The number of rotatable bonds is 4. The van der Waals surface area contributed by atoms with Crippen molar-refractivity contribution in [2.75, 3.05) is 0 Å². The molecule has 0 aromatic carbocycles. The molecule has 1 atom stereocenters. The molecule has 0 saturated heterocycles. The molecule has 2 N–H and O–H groups in total. The summed E-state index contributed by atoms with van der Waals surface area (Å²) in [7, 11) is 0. The smallest absolute Gasteiger partial charge is 0.254 e. The summed E-state index contributed by atoms with van der Waals surface area (Å²) in [6, 6.07) is 0. The van der Waals surface area contributed by atoms with Crippen LogP contribution in [-0.4, -0.2) is 27.7 Å². The van der Waals surface area contributed by atoms with Crippen molar-refractivity contribution < 1.29 is 9.59 Å². The normalized spacial score (nSPS) is 12.8. The number of carbonyl (C=O) groups is 2. The first-order chi connectivity index (χ1) is 6.34. The van der Waals surface area contributed by atoms with Gasteiger partial charge in [0.1, 0.15) is 11.0 Å². The third-order valence-corrected chi connectivity index (χ3v) is 2.01. The van der Waals surface area contributed by atoms with Gasteiger partial charge in [-0.2, -0.15) is 0 Å². The quantitative estimate of drug-likeness (QED) is 0.600. The van der Waals surface area contributed by atoms with Gasteiger partial charge in [0.2, 0.25) is 5.91 Å². The van der Waals surface area contributed by atoms with Crippen molar-refractivity contribution in [3.05, 3.63) is 0 Å². The molecule has 1 unspecified atom stereocenters. The molecule has 0 rings (SSSR count). The van der Waals surface area contributed by atoms with Gasteiger partial charge in [-0.15, -0.1) is 23.2 Å². The van der Waals surface area contributed by atoms with Crippen LogP contribution in [0.2, 0.25) is 0 Å². The maximum atomic E-state index is 11.0. The van der Waals surface area contributed by atoms with Gasteiger partial charge >= 0.3 is 0 Å². The van der Waals surface area contributed by atoms with Gasteiger partial charge < -0.3 is 10.6 Å². The van der Waals surface area contributed by atoms with Gasteiger partial charge in [-0.1, -0.05) is 23.2 Å². The summed E-state index contributed by atoms with van der Waals surface area (Å²) in [4.78, 5) is 19.4. The van der Waals surface area contributed by atoms with Crippen LogP contribution in [0.25, 0.3) is 0 Å². The molecule has 14 heavy (non-hydrogen) atoms. The van der Waals surface area contributed by atoms with E-state index >= 15 is 0 Å². The van der Waals surface area contributed by atoms with Crippen LogP contribution < -0.4 is 10.6 Å². The van der Waals surface area contributed by atoms with E-state index in [-0.39, 0.29) is 5.91 Å². The highest BCUT2D eigenvalue weighted by Gasteiger charge is 2.22. The predicted octanol–water partition coefficient (Wildman–Crippen LogP) is 1.17. The van der Waals surface area contributed by atoms with Gasteiger partial charge in [-0.3, -0.25) is 9.59 Å². The standard InChI is InChI=1S/C6H8Cl4N2O2/c1-2(13)11-5(3(7)8)12-6(14)4(9)10/h3-5H,1H3,(H,11,13)(H,12,14). The fourth-order valence-corrected chi connectivity index (χ4v) is 0.975. The highest BCUT2D eigenvalue weighted by Crippen LogP contribution is 2.08. The summed E-state index contributed by atoms with van der Waals surface area (Å²) in [6.07, 6.45) is -0.914. The fourth-order valence-electron chi connectivity index (χ4n) is 0.597. The predicted molar refractivity (Wildman–Crippen MR) is 56.7 cm³/mol. The average molecular weight is 282 g/mol. The van der Waals surface area contributed by atoms with Crippen LogP contribution in [0.15, 0.2) is 0 Å². The molecule has 0 heterocycles. The zero-order valence-electron chi connectivity index (χ0n) is 7.06. The molecule has 0 aliphatic heterocycles. The number of amides is 2. The molecule has 82 valence electrons. The van der Waals surface area contributed by atoms with E-state index in [0.717, 1.165) is 0 Å². The molecular weight excluding hydrogens is 274 g/mol. The van der Waals surface area contributed by atoms with Crippen molar-refractivity contribution in [3.8, 4) is 0 Å². The van der Waals surface area contributed by atoms with E-state index in [1.165, 1.54) is 6.92 Å². The Morgan fingerprint density at radius 1 is 1.07 bits per heavy atom. The van der Waals surface area contributed by atoms with Gasteiger partial charge in [-0.05, 0) is 0 Å². The summed E-state index contributed by atoms with van der Waals surface area (Å²) < 4.78 is 0. The van der Waals surface area contributed by atoms with Crippen LogP contribution in [0.5, 0.6) is 0 Å². The Morgan fingerprint density at radius 3 is 1.86 bits per heavy atom. The van der Waals surface area contributed by atoms with Crippen LogP contribution in [0.3, 0.4) is 0 Å². The summed E-state index contributed by atoms with van der Waals surface area (Å²) >= 11 is 21.5. The van der Waals surface area contributed by atoms with Crippen LogP contribution in [0, 0.1) is 0 Å². The van der Waals surface area contributed by atoms with Gasteiger partial charge in [0.25, 0.3) is 5.91 Å². The van der Waals surface area contributed by atoms with E-state index in [9.17, 15) is 9.59 Å². The summed E-state index contributed by atoms with van der Waals surface area (Å²) in [5.41, 5.74) is 0. The van der Waals surface area contributed by atoms with Crippen LogP contribution in [-0.2, 0) is 9.59 Å². The minimum atomic E-state index is -1.24. The van der Waals surface area contributed by atoms with E-state index in [1.54, 1.807) is 0 Å². The lowest BCUT2D eigenvalue weighted by Crippen LogP contribution is -2.52. The first-order valence-electron chi connectivity index (χ1n) is 3.48. The first kappa shape index (κ1) is 14.1. The third-order valence-electron chi connectivity index (χ3n) is 1.11. The second-order valence-corrected chi connectivity index (χ2v) is 4.58. The molecule has 8 heteroatoms. The number of carbonyl (C=O) groups excluding carboxylic acids is 2. The second-order valence-electron chi connectivity index (χ2n) is 2.32. The maximum absolute atomic E-state index is 11.0.